The van der Waals surface area contributed by atoms with Gasteiger partial charge in [-0.1, -0.05) is 36.4 Å². The van der Waals surface area contributed by atoms with Gasteiger partial charge in [0.1, 0.15) is 5.82 Å². The number of amides is 1. The Labute approximate surface area is 98.9 Å². The molecular weight excluding hydrogens is 217 g/mol. The third-order valence-electron chi connectivity index (χ3n) is 2.70. The molecule has 0 bridgehead atoms. The van der Waals surface area contributed by atoms with Gasteiger partial charge in [-0.25, -0.2) is 4.39 Å². The van der Waals surface area contributed by atoms with Crippen LogP contribution in [0, 0.1) is 12.7 Å². The lowest BCUT2D eigenvalue weighted by molar-refractivity contribution is 0.0996. The van der Waals surface area contributed by atoms with Crippen LogP contribution in [-0.2, 0) is 0 Å². The van der Waals surface area contributed by atoms with E-state index in [1.54, 1.807) is 12.1 Å². The highest BCUT2D eigenvalue weighted by Crippen LogP contribution is 2.27. The Morgan fingerprint density at radius 2 is 1.71 bits per heavy atom. The number of benzene rings is 2. The highest BCUT2D eigenvalue weighted by Gasteiger charge is 2.14. The number of primary amides is 1. The van der Waals surface area contributed by atoms with Crippen molar-refractivity contribution in [2.75, 3.05) is 0 Å². The summed E-state index contributed by atoms with van der Waals surface area (Å²) in [5.74, 6) is -1.31. The second kappa shape index (κ2) is 4.37. The zero-order chi connectivity index (χ0) is 12.4. The van der Waals surface area contributed by atoms with Crippen molar-refractivity contribution in [1.29, 1.82) is 0 Å². The Kier molecular flexibility index (Phi) is 2.91. The molecule has 0 aliphatic heterocycles. The summed E-state index contributed by atoms with van der Waals surface area (Å²) in [6, 6.07) is 12.1. The summed E-state index contributed by atoms with van der Waals surface area (Å²) < 4.78 is 14.1. The molecule has 0 saturated carbocycles. The molecule has 2 aromatic rings. The van der Waals surface area contributed by atoms with Crippen LogP contribution in [0.2, 0.25) is 0 Å². The number of hydrogen-bond acceptors (Lipinski definition) is 1. The third kappa shape index (κ3) is 2.04. The fraction of sp³-hybridized carbons (Fsp3) is 0.0714. The average Bonchev–Trinajstić information content (AvgIpc) is 2.30. The number of carbonyl (C=O) groups excluding carboxylic acids is 1. The van der Waals surface area contributed by atoms with Crippen LogP contribution < -0.4 is 5.73 Å². The van der Waals surface area contributed by atoms with Gasteiger partial charge in [0.15, 0.2) is 0 Å². The Balaban J connectivity index is 2.65. The van der Waals surface area contributed by atoms with Gasteiger partial charge in [0.05, 0.1) is 5.56 Å². The van der Waals surface area contributed by atoms with Crippen molar-refractivity contribution in [3.05, 3.63) is 59.4 Å². The maximum Gasteiger partial charge on any atom is 0.251 e. The number of aryl methyl sites for hydroxylation is 1. The second-order valence-corrected chi connectivity index (χ2v) is 3.85. The fourth-order valence-corrected chi connectivity index (χ4v) is 1.81. The summed E-state index contributed by atoms with van der Waals surface area (Å²) in [5.41, 5.74) is 7.17. The van der Waals surface area contributed by atoms with Crippen molar-refractivity contribution >= 4 is 5.91 Å². The molecule has 2 aromatic carbocycles. The third-order valence-corrected chi connectivity index (χ3v) is 2.70. The van der Waals surface area contributed by atoms with E-state index in [2.05, 4.69) is 0 Å². The van der Waals surface area contributed by atoms with E-state index in [9.17, 15) is 9.18 Å². The van der Waals surface area contributed by atoms with Crippen molar-refractivity contribution in [2.45, 2.75) is 6.92 Å². The quantitative estimate of drug-likeness (QED) is 0.845. The zero-order valence-corrected chi connectivity index (χ0v) is 9.41. The van der Waals surface area contributed by atoms with Gasteiger partial charge in [0.2, 0.25) is 0 Å². The van der Waals surface area contributed by atoms with Crippen molar-refractivity contribution in [3.8, 4) is 11.1 Å². The smallest absolute Gasteiger partial charge is 0.251 e. The van der Waals surface area contributed by atoms with Crippen LogP contribution in [0.1, 0.15) is 15.9 Å². The van der Waals surface area contributed by atoms with Crippen molar-refractivity contribution in [1.82, 2.24) is 0 Å². The Morgan fingerprint density at radius 3 is 2.35 bits per heavy atom. The fourth-order valence-electron chi connectivity index (χ4n) is 1.81. The number of rotatable bonds is 2. The molecule has 0 aliphatic carbocycles. The van der Waals surface area contributed by atoms with Crippen LogP contribution in [-0.4, -0.2) is 5.91 Å². The maximum absolute atomic E-state index is 14.1. The number of nitrogens with two attached hydrogens (primary N) is 1. The SMILES string of the molecule is Cc1ccccc1-c1cccc(C(N)=O)c1F. The number of carbonyl (C=O) groups is 1. The molecule has 2 rings (SSSR count). The first kappa shape index (κ1) is 11.3. The van der Waals surface area contributed by atoms with E-state index >= 15 is 0 Å². The van der Waals surface area contributed by atoms with E-state index < -0.39 is 11.7 Å². The van der Waals surface area contributed by atoms with E-state index in [4.69, 9.17) is 5.73 Å². The summed E-state index contributed by atoms with van der Waals surface area (Å²) >= 11 is 0. The van der Waals surface area contributed by atoms with Crippen LogP contribution in [0.15, 0.2) is 42.5 Å². The lowest BCUT2D eigenvalue weighted by Crippen LogP contribution is -2.13. The van der Waals surface area contributed by atoms with Gasteiger partial charge in [0, 0.05) is 5.56 Å². The molecule has 1 amide bonds. The molecule has 2 nitrogen and oxygen atoms in total. The first-order valence-electron chi connectivity index (χ1n) is 5.25. The summed E-state index contributed by atoms with van der Waals surface area (Å²) in [4.78, 5) is 11.1. The van der Waals surface area contributed by atoms with Gasteiger partial charge in [-0.3, -0.25) is 4.79 Å². The van der Waals surface area contributed by atoms with Crippen LogP contribution in [0.3, 0.4) is 0 Å². The van der Waals surface area contributed by atoms with E-state index in [1.165, 1.54) is 6.07 Å². The molecule has 0 fully saturated rings. The molecule has 3 heteroatoms. The zero-order valence-electron chi connectivity index (χ0n) is 9.41. The maximum atomic E-state index is 14.1. The van der Waals surface area contributed by atoms with E-state index in [0.29, 0.717) is 5.56 Å². The normalized spacial score (nSPS) is 10.2. The summed E-state index contributed by atoms with van der Waals surface area (Å²) in [6.07, 6.45) is 0. The molecule has 0 saturated heterocycles. The monoisotopic (exact) mass is 229 g/mol. The largest absolute Gasteiger partial charge is 0.366 e. The molecule has 2 N–H and O–H groups in total. The first-order valence-corrected chi connectivity index (χ1v) is 5.25. The van der Waals surface area contributed by atoms with Crippen LogP contribution in [0.25, 0.3) is 11.1 Å². The van der Waals surface area contributed by atoms with Gasteiger partial charge in [-0.2, -0.15) is 0 Å². The molecule has 86 valence electrons. The molecular formula is C14H12FNO. The minimum absolute atomic E-state index is 0.0780. The molecule has 0 atom stereocenters. The van der Waals surface area contributed by atoms with Crippen LogP contribution in [0.5, 0.6) is 0 Å². The highest BCUT2D eigenvalue weighted by atomic mass is 19.1. The standard InChI is InChI=1S/C14H12FNO/c1-9-5-2-3-6-10(9)11-7-4-8-12(13(11)15)14(16)17/h2-8H,1H3,(H2,16,17). The van der Waals surface area contributed by atoms with Crippen molar-refractivity contribution in [3.63, 3.8) is 0 Å². The lowest BCUT2D eigenvalue weighted by atomic mass is 9.98. The van der Waals surface area contributed by atoms with E-state index in [0.717, 1.165) is 11.1 Å². The van der Waals surface area contributed by atoms with Crippen molar-refractivity contribution in [2.24, 2.45) is 5.73 Å². The lowest BCUT2D eigenvalue weighted by Gasteiger charge is -2.08. The molecule has 0 aliphatic rings. The first-order chi connectivity index (χ1) is 8.11. The Hall–Kier alpha value is -2.16. The molecule has 0 unspecified atom stereocenters. The molecule has 0 spiro atoms. The predicted octanol–water partition coefficient (Wildman–Crippen LogP) is 2.90. The Bertz CT molecular complexity index is 578. The highest BCUT2D eigenvalue weighted by molar-refractivity contribution is 5.94. The summed E-state index contributed by atoms with van der Waals surface area (Å²) in [5, 5.41) is 0. The average molecular weight is 229 g/mol. The minimum Gasteiger partial charge on any atom is -0.366 e. The topological polar surface area (TPSA) is 43.1 Å². The van der Waals surface area contributed by atoms with E-state index in [-0.39, 0.29) is 5.56 Å². The van der Waals surface area contributed by atoms with Crippen LogP contribution in [0.4, 0.5) is 4.39 Å². The van der Waals surface area contributed by atoms with Gasteiger partial charge >= 0.3 is 0 Å². The Morgan fingerprint density at radius 1 is 1.06 bits per heavy atom. The minimum atomic E-state index is -0.752. The number of hydrogen-bond donors (Lipinski definition) is 1. The molecule has 0 aromatic heterocycles. The van der Waals surface area contributed by atoms with Gasteiger partial charge < -0.3 is 5.73 Å². The second-order valence-electron chi connectivity index (χ2n) is 3.85. The summed E-state index contributed by atoms with van der Waals surface area (Å²) in [7, 11) is 0. The van der Waals surface area contributed by atoms with Crippen molar-refractivity contribution < 1.29 is 9.18 Å². The molecule has 0 radical (unpaired) electrons. The van der Waals surface area contributed by atoms with E-state index in [1.807, 2.05) is 31.2 Å². The number of halogens is 1. The molecule has 0 heterocycles. The summed E-state index contributed by atoms with van der Waals surface area (Å²) in [6.45, 7) is 1.89. The van der Waals surface area contributed by atoms with Gasteiger partial charge in [-0.15, -0.1) is 0 Å². The predicted molar refractivity (Wildman–Crippen MR) is 65.1 cm³/mol. The van der Waals surface area contributed by atoms with Gasteiger partial charge in [-0.05, 0) is 24.1 Å². The van der Waals surface area contributed by atoms with Crippen LogP contribution >= 0.6 is 0 Å². The van der Waals surface area contributed by atoms with Gasteiger partial charge in [0.25, 0.3) is 5.91 Å². The molecule has 17 heavy (non-hydrogen) atoms.